The molecule has 2 bridgehead atoms. The van der Waals surface area contributed by atoms with Crippen molar-refractivity contribution in [3.63, 3.8) is 0 Å². The van der Waals surface area contributed by atoms with Gasteiger partial charge >= 0.3 is 0 Å². The summed E-state index contributed by atoms with van der Waals surface area (Å²) in [4.78, 5) is 23.7. The Kier molecular flexibility index (Phi) is 1.91. The number of rotatable bonds is 0. The molecule has 0 aromatic heterocycles. The zero-order valence-corrected chi connectivity index (χ0v) is 8.80. The average Bonchev–Trinajstić information content (AvgIpc) is 2.34. The van der Waals surface area contributed by atoms with Crippen LogP contribution in [0.2, 0.25) is 0 Å². The third kappa shape index (κ3) is 1.24. The molecule has 0 spiro atoms. The lowest BCUT2D eigenvalue weighted by Gasteiger charge is -2.27. The molecule has 2 atom stereocenters. The third-order valence-corrected chi connectivity index (χ3v) is 3.84. The van der Waals surface area contributed by atoms with Crippen molar-refractivity contribution in [3.05, 3.63) is 12.2 Å². The molecule has 0 aromatic rings. The molecule has 2 heteroatoms. The number of allylic oxidation sites excluding steroid dienone is 2. The largest absolute Gasteiger partial charge is 0.299 e. The maximum atomic E-state index is 11.8. The standard InChI is InChI=1S/C12H16O2/c1-11-5-3-10(14)12(2,8-7-11)6-4-9(11)13/h7-8H,3-6H2,1-2H3/t11-,12-/m1/s1. The highest BCUT2D eigenvalue weighted by Crippen LogP contribution is 2.43. The van der Waals surface area contributed by atoms with E-state index in [9.17, 15) is 9.59 Å². The van der Waals surface area contributed by atoms with Gasteiger partial charge in [0.05, 0.1) is 0 Å². The van der Waals surface area contributed by atoms with Gasteiger partial charge in [-0.1, -0.05) is 12.2 Å². The van der Waals surface area contributed by atoms with Gasteiger partial charge in [0, 0.05) is 23.7 Å². The number of carbonyl (C=O) groups excluding carboxylic acids is 2. The van der Waals surface area contributed by atoms with E-state index in [1.807, 2.05) is 26.0 Å². The number of ketones is 2. The molecule has 76 valence electrons. The highest BCUT2D eigenvalue weighted by Gasteiger charge is 2.42. The van der Waals surface area contributed by atoms with Crippen molar-refractivity contribution >= 4 is 11.6 Å². The summed E-state index contributed by atoms with van der Waals surface area (Å²) in [7, 11) is 0. The molecule has 0 fully saturated rings. The molecular weight excluding hydrogens is 176 g/mol. The summed E-state index contributed by atoms with van der Waals surface area (Å²) in [5.74, 6) is 0.593. The van der Waals surface area contributed by atoms with Gasteiger partial charge in [-0.05, 0) is 26.7 Å². The van der Waals surface area contributed by atoms with Crippen molar-refractivity contribution in [1.82, 2.24) is 0 Å². The minimum absolute atomic E-state index is 0.296. The first-order chi connectivity index (χ1) is 6.46. The van der Waals surface area contributed by atoms with Gasteiger partial charge in [0.1, 0.15) is 11.6 Å². The van der Waals surface area contributed by atoms with Crippen LogP contribution in [-0.2, 0) is 9.59 Å². The van der Waals surface area contributed by atoms with Crippen molar-refractivity contribution < 1.29 is 9.59 Å². The first-order valence-electron chi connectivity index (χ1n) is 5.23. The summed E-state index contributed by atoms with van der Waals surface area (Å²) in [5, 5.41) is 0. The van der Waals surface area contributed by atoms with Crippen molar-refractivity contribution in [2.45, 2.75) is 39.5 Å². The second-order valence-corrected chi connectivity index (χ2v) is 5.01. The lowest BCUT2D eigenvalue weighted by Crippen LogP contribution is -2.31. The summed E-state index contributed by atoms with van der Waals surface area (Å²) in [5.41, 5.74) is -0.742. The summed E-state index contributed by atoms with van der Waals surface area (Å²) in [6.07, 6.45) is 6.41. The number of hydrogen-bond acceptors (Lipinski definition) is 2. The normalized spacial score (nSPS) is 42.4. The van der Waals surface area contributed by atoms with Crippen LogP contribution < -0.4 is 0 Å². The number of fused-ring (bicyclic) bond motifs is 2. The Hall–Kier alpha value is -0.920. The predicted molar refractivity (Wildman–Crippen MR) is 53.8 cm³/mol. The minimum Gasteiger partial charge on any atom is -0.299 e. The molecule has 2 aliphatic rings. The molecular formula is C12H16O2. The van der Waals surface area contributed by atoms with Crippen LogP contribution in [0.15, 0.2) is 12.2 Å². The van der Waals surface area contributed by atoms with E-state index < -0.39 is 0 Å². The van der Waals surface area contributed by atoms with E-state index in [1.54, 1.807) is 0 Å². The molecule has 2 rings (SSSR count). The van der Waals surface area contributed by atoms with E-state index >= 15 is 0 Å². The van der Waals surface area contributed by atoms with E-state index in [0.717, 1.165) is 0 Å². The average molecular weight is 192 g/mol. The Morgan fingerprint density at radius 2 is 1.29 bits per heavy atom. The molecule has 0 N–H and O–H groups in total. The Morgan fingerprint density at radius 3 is 1.64 bits per heavy atom. The molecule has 0 radical (unpaired) electrons. The second kappa shape index (κ2) is 2.78. The molecule has 2 aliphatic carbocycles. The first kappa shape index (κ1) is 9.63. The molecule has 2 nitrogen and oxygen atoms in total. The monoisotopic (exact) mass is 192 g/mol. The van der Waals surface area contributed by atoms with Gasteiger partial charge in [-0.25, -0.2) is 0 Å². The van der Waals surface area contributed by atoms with E-state index in [4.69, 9.17) is 0 Å². The fourth-order valence-corrected chi connectivity index (χ4v) is 2.32. The Bertz CT molecular complexity index is 297. The molecule has 0 amide bonds. The lowest BCUT2D eigenvalue weighted by atomic mass is 9.75. The zero-order chi connectivity index (χ0) is 10.4. The molecule has 0 heterocycles. The van der Waals surface area contributed by atoms with Gasteiger partial charge in [0.2, 0.25) is 0 Å². The van der Waals surface area contributed by atoms with Crippen molar-refractivity contribution in [2.75, 3.05) is 0 Å². The molecule has 0 saturated heterocycles. The van der Waals surface area contributed by atoms with Crippen molar-refractivity contribution in [2.24, 2.45) is 10.8 Å². The van der Waals surface area contributed by atoms with Crippen LogP contribution in [0.25, 0.3) is 0 Å². The van der Waals surface area contributed by atoms with Crippen molar-refractivity contribution in [3.8, 4) is 0 Å². The maximum absolute atomic E-state index is 11.8. The van der Waals surface area contributed by atoms with Crippen LogP contribution in [0.1, 0.15) is 39.5 Å². The molecule has 0 aliphatic heterocycles. The topological polar surface area (TPSA) is 34.1 Å². The summed E-state index contributed by atoms with van der Waals surface area (Å²) in [6, 6.07) is 0. The van der Waals surface area contributed by atoms with Gasteiger partial charge in [-0.3, -0.25) is 9.59 Å². The fourth-order valence-electron chi connectivity index (χ4n) is 2.32. The van der Waals surface area contributed by atoms with Gasteiger partial charge in [0.25, 0.3) is 0 Å². The third-order valence-electron chi connectivity index (χ3n) is 3.84. The van der Waals surface area contributed by atoms with Crippen LogP contribution in [0, 0.1) is 10.8 Å². The van der Waals surface area contributed by atoms with E-state index in [2.05, 4.69) is 0 Å². The minimum atomic E-state index is -0.371. The van der Waals surface area contributed by atoms with E-state index in [1.165, 1.54) is 0 Å². The van der Waals surface area contributed by atoms with Gasteiger partial charge in [0.15, 0.2) is 0 Å². The van der Waals surface area contributed by atoms with Crippen LogP contribution in [0.3, 0.4) is 0 Å². The summed E-state index contributed by atoms with van der Waals surface area (Å²) < 4.78 is 0. The molecule has 0 unspecified atom stereocenters. The first-order valence-corrected chi connectivity index (χ1v) is 5.23. The highest BCUT2D eigenvalue weighted by atomic mass is 16.1. The second-order valence-electron chi connectivity index (χ2n) is 5.01. The Labute approximate surface area is 84.4 Å². The van der Waals surface area contributed by atoms with E-state index in [-0.39, 0.29) is 10.8 Å². The number of Topliss-reactive ketones (excluding diaryl/α,β-unsaturated/α-hetero) is 2. The molecule has 0 aromatic carbocycles. The maximum Gasteiger partial charge on any atom is 0.142 e. The number of carbonyl (C=O) groups is 2. The quantitative estimate of drug-likeness (QED) is 0.552. The Morgan fingerprint density at radius 1 is 0.929 bits per heavy atom. The predicted octanol–water partition coefficient (Wildman–Crippen LogP) is 2.28. The molecule has 14 heavy (non-hydrogen) atoms. The smallest absolute Gasteiger partial charge is 0.142 e. The summed E-state index contributed by atoms with van der Waals surface area (Å²) >= 11 is 0. The van der Waals surface area contributed by atoms with Crippen molar-refractivity contribution in [1.29, 1.82) is 0 Å². The molecule has 0 saturated carbocycles. The van der Waals surface area contributed by atoms with E-state index in [0.29, 0.717) is 37.2 Å². The summed E-state index contributed by atoms with van der Waals surface area (Å²) in [6.45, 7) is 3.91. The SMILES string of the molecule is C[C@@]12C=C[C@@](C)(CCC1=O)C(=O)CC2. The fraction of sp³-hybridized carbons (Fsp3) is 0.667. The van der Waals surface area contributed by atoms with Gasteiger partial charge in [-0.2, -0.15) is 0 Å². The highest BCUT2D eigenvalue weighted by molar-refractivity contribution is 5.94. The van der Waals surface area contributed by atoms with Gasteiger partial charge < -0.3 is 0 Å². The van der Waals surface area contributed by atoms with Gasteiger partial charge in [-0.15, -0.1) is 0 Å². The van der Waals surface area contributed by atoms with Crippen LogP contribution >= 0.6 is 0 Å². The zero-order valence-electron chi connectivity index (χ0n) is 8.80. The number of hydrogen-bond donors (Lipinski definition) is 0. The van der Waals surface area contributed by atoms with Crippen LogP contribution in [-0.4, -0.2) is 11.6 Å². The Balaban J connectivity index is 2.46. The van der Waals surface area contributed by atoms with Crippen LogP contribution in [0.5, 0.6) is 0 Å². The van der Waals surface area contributed by atoms with Crippen LogP contribution in [0.4, 0.5) is 0 Å². The lowest BCUT2D eigenvalue weighted by molar-refractivity contribution is -0.131.